The van der Waals surface area contributed by atoms with Gasteiger partial charge in [-0.25, -0.2) is 9.78 Å². The first kappa shape index (κ1) is 12.1. The number of carbonyl (C=O) groups is 1. The van der Waals surface area contributed by atoms with Crippen LogP contribution in [0.5, 0.6) is 0 Å². The lowest BCUT2D eigenvalue weighted by Gasteiger charge is -2.00. The van der Waals surface area contributed by atoms with E-state index in [4.69, 9.17) is 5.11 Å². The van der Waals surface area contributed by atoms with E-state index in [9.17, 15) is 4.79 Å². The third kappa shape index (κ3) is 3.00. The Balaban J connectivity index is 2.93. The molecule has 0 saturated heterocycles. The Morgan fingerprint density at radius 2 is 2.27 bits per heavy atom. The van der Waals surface area contributed by atoms with Crippen LogP contribution in [-0.4, -0.2) is 22.6 Å². The molecule has 0 aromatic carbocycles. The van der Waals surface area contributed by atoms with Gasteiger partial charge < -0.3 is 10.4 Å². The van der Waals surface area contributed by atoms with Gasteiger partial charge in [-0.15, -0.1) is 11.3 Å². The van der Waals surface area contributed by atoms with Crippen LogP contribution in [-0.2, 0) is 6.54 Å². The van der Waals surface area contributed by atoms with E-state index in [0.29, 0.717) is 17.1 Å². The zero-order valence-electron chi connectivity index (χ0n) is 9.20. The number of nitrogens with zero attached hydrogens (tertiary/aromatic N) is 1. The molecule has 0 aliphatic carbocycles. The summed E-state index contributed by atoms with van der Waals surface area (Å²) >= 11 is 1.26. The first-order chi connectivity index (χ1) is 7.06. The van der Waals surface area contributed by atoms with Gasteiger partial charge in [0.1, 0.15) is 9.88 Å². The summed E-state index contributed by atoms with van der Waals surface area (Å²) in [6.07, 6.45) is 0. The minimum atomic E-state index is -0.876. The Bertz CT molecular complexity index is 347. The van der Waals surface area contributed by atoms with E-state index in [1.807, 2.05) is 20.8 Å². The van der Waals surface area contributed by atoms with E-state index in [-0.39, 0.29) is 5.92 Å². The van der Waals surface area contributed by atoms with Crippen LogP contribution < -0.4 is 5.32 Å². The number of aromatic carboxylic acids is 1. The molecule has 0 aliphatic rings. The van der Waals surface area contributed by atoms with Crippen molar-refractivity contribution in [3.63, 3.8) is 0 Å². The van der Waals surface area contributed by atoms with Gasteiger partial charge in [0.2, 0.25) is 0 Å². The first-order valence-electron chi connectivity index (χ1n) is 4.99. The van der Waals surface area contributed by atoms with Crippen molar-refractivity contribution in [2.75, 3.05) is 6.54 Å². The second-order valence-corrected chi connectivity index (χ2v) is 4.65. The van der Waals surface area contributed by atoms with Gasteiger partial charge in [-0.1, -0.05) is 20.8 Å². The molecule has 2 N–H and O–H groups in total. The van der Waals surface area contributed by atoms with Crippen LogP contribution in [0.15, 0.2) is 0 Å². The van der Waals surface area contributed by atoms with E-state index in [0.717, 1.165) is 11.6 Å². The molecule has 0 saturated carbocycles. The highest BCUT2D eigenvalue weighted by molar-refractivity contribution is 7.13. The fraction of sp³-hybridized carbons (Fsp3) is 0.600. The molecule has 0 aliphatic heterocycles. The summed E-state index contributed by atoms with van der Waals surface area (Å²) in [6, 6.07) is 0. The van der Waals surface area contributed by atoms with Gasteiger partial charge in [-0.3, -0.25) is 0 Å². The van der Waals surface area contributed by atoms with Crippen molar-refractivity contribution >= 4 is 17.3 Å². The lowest BCUT2D eigenvalue weighted by Crippen LogP contribution is -2.11. The maximum absolute atomic E-state index is 11.0. The molecule has 1 aromatic rings. The molecule has 0 amide bonds. The highest BCUT2D eigenvalue weighted by Gasteiger charge is 2.18. The molecule has 0 atom stereocenters. The zero-order valence-corrected chi connectivity index (χ0v) is 10.0. The molecule has 0 spiro atoms. The van der Waals surface area contributed by atoms with Gasteiger partial charge in [0.05, 0.1) is 5.69 Å². The molecular weight excluding hydrogens is 212 g/mol. The molecule has 0 bridgehead atoms. The van der Waals surface area contributed by atoms with Crippen molar-refractivity contribution in [3.05, 3.63) is 15.6 Å². The van der Waals surface area contributed by atoms with Gasteiger partial charge in [0, 0.05) is 6.54 Å². The molecule has 0 fully saturated rings. The fourth-order valence-corrected chi connectivity index (χ4v) is 2.26. The van der Waals surface area contributed by atoms with Crippen molar-refractivity contribution in [2.24, 2.45) is 0 Å². The maximum Gasteiger partial charge on any atom is 0.347 e. The Morgan fingerprint density at radius 3 is 2.67 bits per heavy atom. The van der Waals surface area contributed by atoms with Crippen molar-refractivity contribution in [1.82, 2.24) is 10.3 Å². The Kier molecular flexibility index (Phi) is 4.23. The number of thiazole rings is 1. The minimum absolute atomic E-state index is 0.155. The predicted octanol–water partition coefficient (Wildman–Crippen LogP) is 2.07. The monoisotopic (exact) mass is 228 g/mol. The summed E-state index contributed by atoms with van der Waals surface area (Å²) in [6.45, 7) is 7.43. The number of aromatic nitrogens is 1. The van der Waals surface area contributed by atoms with Gasteiger partial charge in [-0.05, 0) is 12.5 Å². The minimum Gasteiger partial charge on any atom is -0.477 e. The van der Waals surface area contributed by atoms with Crippen molar-refractivity contribution in [3.8, 4) is 0 Å². The van der Waals surface area contributed by atoms with Gasteiger partial charge in [-0.2, -0.15) is 0 Å². The first-order valence-corrected chi connectivity index (χ1v) is 5.81. The largest absolute Gasteiger partial charge is 0.477 e. The van der Waals surface area contributed by atoms with E-state index < -0.39 is 5.97 Å². The second kappa shape index (κ2) is 5.23. The summed E-state index contributed by atoms with van der Waals surface area (Å²) in [5.74, 6) is -0.721. The van der Waals surface area contributed by atoms with Crippen LogP contribution in [0, 0.1) is 0 Å². The molecule has 0 radical (unpaired) electrons. The standard InChI is InChI=1S/C10H16N2O2S/c1-4-11-5-7-12-8(6(2)3)9(15-7)10(13)14/h6,11H,4-5H2,1-3H3,(H,13,14). The molecule has 1 aromatic heterocycles. The molecule has 15 heavy (non-hydrogen) atoms. The van der Waals surface area contributed by atoms with Crippen LogP contribution in [0.4, 0.5) is 0 Å². The smallest absolute Gasteiger partial charge is 0.347 e. The second-order valence-electron chi connectivity index (χ2n) is 3.56. The molecule has 0 unspecified atom stereocenters. The highest BCUT2D eigenvalue weighted by Crippen LogP contribution is 2.24. The lowest BCUT2D eigenvalue weighted by atomic mass is 10.1. The Hall–Kier alpha value is -0.940. The number of carboxylic acid groups (broad SMARTS) is 1. The van der Waals surface area contributed by atoms with E-state index in [2.05, 4.69) is 10.3 Å². The van der Waals surface area contributed by atoms with Crippen molar-refractivity contribution in [1.29, 1.82) is 0 Å². The zero-order chi connectivity index (χ0) is 11.4. The van der Waals surface area contributed by atoms with E-state index >= 15 is 0 Å². The molecule has 5 heteroatoms. The van der Waals surface area contributed by atoms with E-state index in [1.165, 1.54) is 11.3 Å². The fourth-order valence-electron chi connectivity index (χ4n) is 1.23. The number of hydrogen-bond acceptors (Lipinski definition) is 4. The summed E-state index contributed by atoms with van der Waals surface area (Å²) in [5.41, 5.74) is 0.695. The van der Waals surface area contributed by atoms with Gasteiger partial charge in [0.25, 0.3) is 0 Å². The highest BCUT2D eigenvalue weighted by atomic mass is 32.1. The number of nitrogens with one attached hydrogen (secondary N) is 1. The quantitative estimate of drug-likeness (QED) is 0.810. The van der Waals surface area contributed by atoms with Crippen LogP contribution >= 0.6 is 11.3 Å². The average molecular weight is 228 g/mol. The van der Waals surface area contributed by atoms with Gasteiger partial charge >= 0.3 is 5.97 Å². The lowest BCUT2D eigenvalue weighted by molar-refractivity contribution is 0.0700. The molecule has 84 valence electrons. The molecule has 1 rings (SSSR count). The van der Waals surface area contributed by atoms with Gasteiger partial charge in [0.15, 0.2) is 0 Å². The third-order valence-electron chi connectivity index (χ3n) is 1.97. The van der Waals surface area contributed by atoms with Crippen molar-refractivity contribution in [2.45, 2.75) is 33.2 Å². The summed E-state index contributed by atoms with van der Waals surface area (Å²) < 4.78 is 0. The normalized spacial score (nSPS) is 10.9. The number of hydrogen-bond donors (Lipinski definition) is 2. The Labute approximate surface area is 93.4 Å². The maximum atomic E-state index is 11.0. The van der Waals surface area contributed by atoms with Crippen LogP contribution in [0.2, 0.25) is 0 Å². The summed E-state index contributed by atoms with van der Waals surface area (Å²) in [5, 5.41) is 13.0. The summed E-state index contributed by atoms with van der Waals surface area (Å²) in [4.78, 5) is 15.7. The number of carboxylic acids is 1. The average Bonchev–Trinajstić information content (AvgIpc) is 2.58. The predicted molar refractivity (Wildman–Crippen MR) is 60.5 cm³/mol. The molecular formula is C10H16N2O2S. The molecule has 4 nitrogen and oxygen atoms in total. The van der Waals surface area contributed by atoms with E-state index in [1.54, 1.807) is 0 Å². The Morgan fingerprint density at radius 1 is 1.60 bits per heavy atom. The third-order valence-corrected chi connectivity index (χ3v) is 3.02. The SMILES string of the molecule is CCNCc1nc(C(C)C)c(C(=O)O)s1. The van der Waals surface area contributed by atoms with Crippen molar-refractivity contribution < 1.29 is 9.90 Å². The summed E-state index contributed by atoms with van der Waals surface area (Å²) in [7, 11) is 0. The molecule has 1 heterocycles. The topological polar surface area (TPSA) is 62.2 Å². The van der Waals surface area contributed by atoms with Crippen LogP contribution in [0.1, 0.15) is 47.1 Å². The van der Waals surface area contributed by atoms with Crippen LogP contribution in [0.25, 0.3) is 0 Å². The van der Waals surface area contributed by atoms with Crippen LogP contribution in [0.3, 0.4) is 0 Å². The number of rotatable bonds is 5.